The summed E-state index contributed by atoms with van der Waals surface area (Å²) in [7, 11) is 0. The Kier molecular flexibility index (Phi) is 5.97. The van der Waals surface area contributed by atoms with Crippen LogP contribution in [0.25, 0.3) is 0 Å². The van der Waals surface area contributed by atoms with Gasteiger partial charge in [0, 0.05) is 0 Å². The van der Waals surface area contributed by atoms with Crippen molar-refractivity contribution in [2.24, 2.45) is 5.73 Å². The molecule has 4 heteroatoms. The summed E-state index contributed by atoms with van der Waals surface area (Å²) >= 11 is 0. The van der Waals surface area contributed by atoms with Crippen molar-refractivity contribution in [2.75, 3.05) is 0 Å². The predicted octanol–water partition coefficient (Wildman–Crippen LogP) is 2.06. The minimum absolute atomic E-state index is 0. The molecule has 0 saturated heterocycles. The van der Waals surface area contributed by atoms with Crippen LogP contribution < -0.4 is 5.73 Å². The molecule has 0 aromatic heterocycles. The molecule has 3 nitrogen and oxygen atoms in total. The van der Waals surface area contributed by atoms with Crippen LogP contribution in [0.15, 0.2) is 30.3 Å². The Labute approximate surface area is 96.0 Å². The van der Waals surface area contributed by atoms with Crippen molar-refractivity contribution >= 4 is 18.4 Å². The molecule has 0 unspecified atom stereocenters. The number of rotatable bonds is 3. The molecule has 0 aliphatic carbocycles. The summed E-state index contributed by atoms with van der Waals surface area (Å²) in [6.45, 7) is 3.44. The van der Waals surface area contributed by atoms with Gasteiger partial charge in [-0.2, -0.15) is 0 Å². The third-order valence-corrected chi connectivity index (χ3v) is 1.93. The number of carbonyl (C=O) groups excluding carboxylic acids is 1. The smallest absolute Gasteiger partial charge is 0.323 e. The molecule has 0 saturated carbocycles. The Hall–Kier alpha value is -1.06. The first-order valence-corrected chi connectivity index (χ1v) is 4.62. The second-order valence-corrected chi connectivity index (χ2v) is 3.28. The SMILES string of the molecule is C[C@H](N)C(=O)O[C@@H](C)c1ccccc1.Cl. The van der Waals surface area contributed by atoms with Crippen molar-refractivity contribution in [2.45, 2.75) is 26.0 Å². The lowest BCUT2D eigenvalue weighted by Gasteiger charge is -2.14. The van der Waals surface area contributed by atoms with Crippen LogP contribution in [0.2, 0.25) is 0 Å². The molecule has 0 spiro atoms. The maximum absolute atomic E-state index is 11.2. The molecule has 1 aromatic carbocycles. The summed E-state index contributed by atoms with van der Waals surface area (Å²) < 4.78 is 5.13. The number of halogens is 1. The first-order valence-electron chi connectivity index (χ1n) is 4.62. The van der Waals surface area contributed by atoms with Crippen LogP contribution >= 0.6 is 12.4 Å². The zero-order valence-electron chi connectivity index (χ0n) is 8.84. The summed E-state index contributed by atoms with van der Waals surface area (Å²) in [5.41, 5.74) is 6.36. The highest BCUT2D eigenvalue weighted by Crippen LogP contribution is 2.16. The molecule has 2 atom stereocenters. The van der Waals surface area contributed by atoms with Crippen LogP contribution in [0.3, 0.4) is 0 Å². The van der Waals surface area contributed by atoms with Gasteiger partial charge in [0.2, 0.25) is 0 Å². The third kappa shape index (κ3) is 4.32. The molecule has 1 aromatic rings. The number of hydrogen-bond acceptors (Lipinski definition) is 3. The lowest BCUT2D eigenvalue weighted by molar-refractivity contribution is -0.149. The number of nitrogens with two attached hydrogens (primary N) is 1. The molecule has 0 fully saturated rings. The van der Waals surface area contributed by atoms with Gasteiger partial charge in [-0.15, -0.1) is 12.4 Å². The van der Waals surface area contributed by atoms with Gasteiger partial charge in [0.05, 0.1) is 0 Å². The fraction of sp³-hybridized carbons (Fsp3) is 0.364. The molecule has 0 heterocycles. The van der Waals surface area contributed by atoms with Crippen molar-refractivity contribution in [3.63, 3.8) is 0 Å². The second-order valence-electron chi connectivity index (χ2n) is 3.28. The van der Waals surface area contributed by atoms with Crippen molar-refractivity contribution in [3.8, 4) is 0 Å². The van der Waals surface area contributed by atoms with Crippen molar-refractivity contribution < 1.29 is 9.53 Å². The minimum atomic E-state index is -0.568. The van der Waals surface area contributed by atoms with E-state index < -0.39 is 6.04 Å². The van der Waals surface area contributed by atoms with Gasteiger partial charge in [-0.05, 0) is 19.4 Å². The van der Waals surface area contributed by atoms with Gasteiger partial charge >= 0.3 is 5.97 Å². The van der Waals surface area contributed by atoms with Crippen LogP contribution in [-0.4, -0.2) is 12.0 Å². The Morgan fingerprint density at radius 1 is 1.27 bits per heavy atom. The molecule has 2 N–H and O–H groups in total. The van der Waals surface area contributed by atoms with E-state index in [2.05, 4.69) is 0 Å². The van der Waals surface area contributed by atoms with E-state index in [1.807, 2.05) is 37.3 Å². The van der Waals surface area contributed by atoms with E-state index in [1.54, 1.807) is 6.92 Å². The molecule has 15 heavy (non-hydrogen) atoms. The maximum Gasteiger partial charge on any atom is 0.323 e. The normalized spacial score (nSPS) is 13.5. The van der Waals surface area contributed by atoms with E-state index in [-0.39, 0.29) is 24.5 Å². The maximum atomic E-state index is 11.2. The summed E-state index contributed by atoms with van der Waals surface area (Å²) in [6, 6.07) is 9.00. The summed E-state index contributed by atoms with van der Waals surface area (Å²) in [4.78, 5) is 11.2. The third-order valence-electron chi connectivity index (χ3n) is 1.93. The molecule has 0 aliphatic heterocycles. The van der Waals surface area contributed by atoms with Gasteiger partial charge < -0.3 is 10.5 Å². The molecule has 0 aliphatic rings. The predicted molar refractivity (Wildman–Crippen MR) is 61.8 cm³/mol. The molecular formula is C11H16ClNO2. The van der Waals surface area contributed by atoms with Gasteiger partial charge in [0.15, 0.2) is 0 Å². The highest BCUT2D eigenvalue weighted by Gasteiger charge is 2.14. The Balaban J connectivity index is 0.00000196. The van der Waals surface area contributed by atoms with Crippen LogP contribution in [-0.2, 0) is 9.53 Å². The standard InChI is InChI=1S/C11H15NO2.ClH/c1-8(12)11(13)14-9(2)10-6-4-3-5-7-10;/h3-9H,12H2,1-2H3;1H/t8-,9-;/m0./s1. The zero-order chi connectivity index (χ0) is 10.6. The van der Waals surface area contributed by atoms with Gasteiger partial charge in [0.1, 0.15) is 12.1 Å². The van der Waals surface area contributed by atoms with Crippen LogP contribution in [0.1, 0.15) is 25.5 Å². The van der Waals surface area contributed by atoms with Crippen LogP contribution in [0.5, 0.6) is 0 Å². The van der Waals surface area contributed by atoms with Gasteiger partial charge in [-0.25, -0.2) is 0 Å². The molecule has 0 bridgehead atoms. The Morgan fingerprint density at radius 2 is 1.80 bits per heavy atom. The Bertz CT molecular complexity index is 301. The quantitative estimate of drug-likeness (QED) is 0.808. The lowest BCUT2D eigenvalue weighted by atomic mass is 10.1. The van der Waals surface area contributed by atoms with E-state index in [4.69, 9.17) is 10.5 Å². The molecule has 0 radical (unpaired) electrons. The van der Waals surface area contributed by atoms with E-state index in [0.717, 1.165) is 5.56 Å². The van der Waals surface area contributed by atoms with Crippen molar-refractivity contribution in [1.29, 1.82) is 0 Å². The summed E-state index contributed by atoms with van der Waals surface area (Å²) in [6.07, 6.45) is -0.241. The summed E-state index contributed by atoms with van der Waals surface area (Å²) in [5.74, 6) is -0.374. The average molecular weight is 230 g/mol. The molecule has 1 rings (SSSR count). The van der Waals surface area contributed by atoms with Gasteiger partial charge in [0.25, 0.3) is 0 Å². The highest BCUT2D eigenvalue weighted by molar-refractivity contribution is 5.85. The molecule has 84 valence electrons. The van der Waals surface area contributed by atoms with Crippen LogP contribution in [0, 0.1) is 0 Å². The number of hydrogen-bond donors (Lipinski definition) is 1. The number of benzene rings is 1. The molecular weight excluding hydrogens is 214 g/mol. The fourth-order valence-corrected chi connectivity index (χ4v) is 1.07. The monoisotopic (exact) mass is 229 g/mol. The number of ether oxygens (including phenoxy) is 1. The number of carbonyl (C=O) groups is 1. The van der Waals surface area contributed by atoms with Crippen molar-refractivity contribution in [1.82, 2.24) is 0 Å². The van der Waals surface area contributed by atoms with Gasteiger partial charge in [-0.3, -0.25) is 4.79 Å². The highest BCUT2D eigenvalue weighted by atomic mass is 35.5. The van der Waals surface area contributed by atoms with E-state index in [9.17, 15) is 4.79 Å². The topological polar surface area (TPSA) is 52.3 Å². The Morgan fingerprint density at radius 3 is 2.27 bits per heavy atom. The van der Waals surface area contributed by atoms with Crippen molar-refractivity contribution in [3.05, 3.63) is 35.9 Å². The first kappa shape index (κ1) is 13.9. The van der Waals surface area contributed by atoms with Crippen LogP contribution in [0.4, 0.5) is 0 Å². The molecule has 0 amide bonds. The second kappa shape index (κ2) is 6.43. The lowest BCUT2D eigenvalue weighted by Crippen LogP contribution is -2.29. The van der Waals surface area contributed by atoms with E-state index in [1.165, 1.54) is 0 Å². The van der Waals surface area contributed by atoms with E-state index in [0.29, 0.717) is 0 Å². The first-order chi connectivity index (χ1) is 6.61. The summed E-state index contributed by atoms with van der Waals surface area (Å²) in [5, 5.41) is 0. The average Bonchev–Trinajstić information content (AvgIpc) is 2.19. The largest absolute Gasteiger partial charge is 0.457 e. The van der Waals surface area contributed by atoms with E-state index >= 15 is 0 Å². The minimum Gasteiger partial charge on any atom is -0.457 e. The zero-order valence-corrected chi connectivity index (χ0v) is 9.66. The fourth-order valence-electron chi connectivity index (χ4n) is 1.07. The number of esters is 1. The van der Waals surface area contributed by atoms with Gasteiger partial charge in [-0.1, -0.05) is 30.3 Å².